The molecule has 11 heteroatoms. The Morgan fingerprint density at radius 3 is 2.18 bits per heavy atom. The number of nitrogens with zero attached hydrogens (tertiary/aromatic N) is 1. The van der Waals surface area contributed by atoms with Crippen LogP contribution in [0.3, 0.4) is 0 Å². The van der Waals surface area contributed by atoms with Gasteiger partial charge in [0, 0.05) is 0 Å². The summed E-state index contributed by atoms with van der Waals surface area (Å²) in [7, 11) is -7.52. The topological polar surface area (TPSA) is 122 Å². The van der Waals surface area contributed by atoms with Crippen LogP contribution in [0.15, 0.2) is 23.1 Å². The molecule has 0 heterocycles. The summed E-state index contributed by atoms with van der Waals surface area (Å²) >= 11 is 0. The molecule has 124 valence electrons. The Kier molecular flexibility index (Phi) is 6.21. The van der Waals surface area contributed by atoms with Gasteiger partial charge in [0.2, 0.25) is 0 Å². The monoisotopic (exact) mass is 353 g/mol. The molecular formula is C11H16NO8PS. The van der Waals surface area contributed by atoms with Gasteiger partial charge in [0.05, 0.1) is 25.2 Å². The molecule has 0 atom stereocenters. The summed E-state index contributed by atoms with van der Waals surface area (Å²) in [5.74, 6) is 0. The molecule has 0 aliphatic heterocycles. The Morgan fingerprint density at radius 1 is 1.23 bits per heavy atom. The van der Waals surface area contributed by atoms with Crippen molar-refractivity contribution in [1.82, 2.24) is 0 Å². The Hall–Kier alpha value is -1.32. The van der Waals surface area contributed by atoms with Crippen LogP contribution in [0.5, 0.6) is 0 Å². The van der Waals surface area contributed by atoms with E-state index in [9.17, 15) is 23.1 Å². The zero-order chi connectivity index (χ0) is 17.0. The Bertz CT molecular complexity index is 692. The number of rotatable bonds is 8. The lowest BCUT2D eigenvalue weighted by Gasteiger charge is -2.17. The fraction of sp³-hybridized carbons (Fsp3) is 0.455. The second-order valence-electron chi connectivity index (χ2n) is 3.83. The first kappa shape index (κ1) is 18.7. The van der Waals surface area contributed by atoms with Crippen molar-refractivity contribution in [2.24, 2.45) is 0 Å². The molecule has 0 radical (unpaired) electrons. The molecule has 22 heavy (non-hydrogen) atoms. The van der Waals surface area contributed by atoms with E-state index >= 15 is 0 Å². The van der Waals surface area contributed by atoms with Gasteiger partial charge in [-0.05, 0) is 26.0 Å². The molecule has 0 amide bonds. The van der Waals surface area contributed by atoms with Crippen LogP contribution in [0.25, 0.3) is 0 Å². The van der Waals surface area contributed by atoms with Crippen LogP contribution >= 0.6 is 7.60 Å². The summed E-state index contributed by atoms with van der Waals surface area (Å²) in [5, 5.41) is 10.9. The maximum absolute atomic E-state index is 12.7. The minimum Gasteiger partial charge on any atom is -0.305 e. The predicted octanol–water partition coefficient (Wildman–Crippen LogP) is 1.82. The first-order chi connectivity index (χ1) is 10.2. The van der Waals surface area contributed by atoms with E-state index in [1.165, 1.54) is 19.9 Å². The van der Waals surface area contributed by atoms with Crippen molar-refractivity contribution in [3.05, 3.63) is 28.3 Å². The summed E-state index contributed by atoms with van der Waals surface area (Å²) in [5.41, 5.74) is -0.880. The molecule has 1 aromatic rings. The van der Waals surface area contributed by atoms with E-state index in [1.807, 2.05) is 0 Å². The third-order valence-electron chi connectivity index (χ3n) is 2.54. The normalized spacial score (nSPS) is 12.3. The van der Waals surface area contributed by atoms with Gasteiger partial charge in [0.1, 0.15) is 5.30 Å². The number of benzene rings is 1. The molecule has 0 aliphatic rings. The zero-order valence-electron chi connectivity index (χ0n) is 12.2. The SMILES string of the molecule is CCOP(=O)(OCC)c1cccc(S(=O)(=O)OC)c1[N+](=O)[O-]. The van der Waals surface area contributed by atoms with Crippen molar-refractivity contribution >= 4 is 28.7 Å². The lowest BCUT2D eigenvalue weighted by atomic mass is 10.3. The highest BCUT2D eigenvalue weighted by molar-refractivity contribution is 7.87. The molecule has 0 saturated carbocycles. The van der Waals surface area contributed by atoms with E-state index in [2.05, 4.69) is 4.18 Å². The first-order valence-corrected chi connectivity index (χ1v) is 9.16. The first-order valence-electron chi connectivity index (χ1n) is 6.21. The molecule has 9 nitrogen and oxygen atoms in total. The lowest BCUT2D eigenvalue weighted by molar-refractivity contribution is -0.386. The second-order valence-corrected chi connectivity index (χ2v) is 7.51. The molecule has 1 aromatic carbocycles. The van der Waals surface area contributed by atoms with Crippen molar-refractivity contribution in [1.29, 1.82) is 0 Å². The van der Waals surface area contributed by atoms with Crippen LogP contribution in [0.2, 0.25) is 0 Å². The van der Waals surface area contributed by atoms with Crippen molar-refractivity contribution < 1.29 is 31.1 Å². The number of para-hydroxylation sites is 1. The van der Waals surface area contributed by atoms with Gasteiger partial charge in [-0.15, -0.1) is 0 Å². The molecule has 0 fully saturated rings. The summed E-state index contributed by atoms with van der Waals surface area (Å²) in [6.07, 6.45) is 0. The van der Waals surface area contributed by atoms with Gasteiger partial charge in [-0.3, -0.25) is 18.9 Å². The molecule has 1 rings (SSSR count). The fourth-order valence-corrected chi connectivity index (χ4v) is 4.41. The molecule has 0 aromatic heterocycles. The summed E-state index contributed by atoms with van der Waals surface area (Å²) < 4.78 is 50.8. The van der Waals surface area contributed by atoms with Crippen LogP contribution in [0.4, 0.5) is 5.69 Å². The third-order valence-corrected chi connectivity index (χ3v) is 6.00. The van der Waals surface area contributed by atoms with Gasteiger partial charge in [-0.2, -0.15) is 8.42 Å². The van der Waals surface area contributed by atoms with E-state index in [1.54, 1.807) is 0 Å². The van der Waals surface area contributed by atoms with Crippen molar-refractivity contribution in [3.63, 3.8) is 0 Å². The van der Waals surface area contributed by atoms with Crippen molar-refractivity contribution in [2.75, 3.05) is 20.3 Å². The van der Waals surface area contributed by atoms with Crippen molar-refractivity contribution in [3.8, 4) is 0 Å². The zero-order valence-corrected chi connectivity index (χ0v) is 13.9. The van der Waals surface area contributed by atoms with Gasteiger partial charge >= 0.3 is 23.4 Å². The predicted molar refractivity (Wildman–Crippen MR) is 77.8 cm³/mol. The lowest BCUT2D eigenvalue weighted by Crippen LogP contribution is -2.18. The average molecular weight is 353 g/mol. The minimum atomic E-state index is -4.36. The highest BCUT2D eigenvalue weighted by Gasteiger charge is 2.39. The van der Waals surface area contributed by atoms with E-state index in [-0.39, 0.29) is 13.2 Å². The number of hydrogen-bond donors (Lipinski definition) is 0. The molecule has 0 N–H and O–H groups in total. The third kappa shape index (κ3) is 3.71. The fourth-order valence-electron chi connectivity index (χ4n) is 1.72. The number of hydrogen-bond acceptors (Lipinski definition) is 8. The van der Waals surface area contributed by atoms with E-state index < -0.39 is 38.5 Å². The van der Waals surface area contributed by atoms with E-state index in [0.717, 1.165) is 19.2 Å². The maximum atomic E-state index is 12.7. The average Bonchev–Trinajstić information content (AvgIpc) is 2.46. The Morgan fingerprint density at radius 2 is 1.77 bits per heavy atom. The van der Waals surface area contributed by atoms with Crippen molar-refractivity contribution in [2.45, 2.75) is 18.7 Å². The molecule has 0 bridgehead atoms. The van der Waals surface area contributed by atoms with Crippen LogP contribution in [-0.2, 0) is 27.9 Å². The van der Waals surface area contributed by atoms with Crippen LogP contribution in [-0.4, -0.2) is 33.7 Å². The number of nitro benzene ring substituents is 1. The molecule has 0 saturated heterocycles. The van der Waals surface area contributed by atoms with Gasteiger partial charge in [0.25, 0.3) is 0 Å². The van der Waals surface area contributed by atoms with Gasteiger partial charge < -0.3 is 9.05 Å². The number of nitro groups is 1. The molecular weight excluding hydrogens is 337 g/mol. The van der Waals surface area contributed by atoms with Gasteiger partial charge in [-0.1, -0.05) is 6.07 Å². The van der Waals surface area contributed by atoms with E-state index in [4.69, 9.17) is 9.05 Å². The second kappa shape index (κ2) is 7.30. The Balaban J connectivity index is 3.72. The molecule has 0 unspecified atom stereocenters. The molecule has 0 spiro atoms. The van der Waals surface area contributed by atoms with Crippen LogP contribution < -0.4 is 5.30 Å². The van der Waals surface area contributed by atoms with E-state index in [0.29, 0.717) is 0 Å². The molecule has 0 aliphatic carbocycles. The standard InChI is InChI=1S/C11H16NO8PS/c1-4-19-21(15,20-5-2)9-7-6-8-10(11(9)12(13)14)22(16,17)18-3/h6-8H,4-5H2,1-3H3. The highest BCUT2D eigenvalue weighted by atomic mass is 32.2. The smallest absolute Gasteiger partial charge is 0.305 e. The maximum Gasteiger partial charge on any atom is 0.368 e. The summed E-state index contributed by atoms with van der Waals surface area (Å²) in [6.45, 7) is 3.01. The highest BCUT2D eigenvalue weighted by Crippen LogP contribution is 2.50. The van der Waals surface area contributed by atoms with Crippen LogP contribution in [0, 0.1) is 10.1 Å². The Labute approximate surface area is 128 Å². The van der Waals surface area contributed by atoms with Gasteiger partial charge in [-0.25, -0.2) is 0 Å². The summed E-state index contributed by atoms with van der Waals surface area (Å²) in [4.78, 5) is 9.65. The largest absolute Gasteiger partial charge is 0.368 e. The summed E-state index contributed by atoms with van der Waals surface area (Å²) in [6, 6.07) is 3.33. The van der Waals surface area contributed by atoms with Gasteiger partial charge in [0.15, 0.2) is 4.90 Å². The van der Waals surface area contributed by atoms with Crippen LogP contribution in [0.1, 0.15) is 13.8 Å². The minimum absolute atomic E-state index is 0.0321. The quantitative estimate of drug-likeness (QED) is 0.300.